The van der Waals surface area contributed by atoms with Crippen molar-refractivity contribution in [3.8, 4) is 0 Å². The van der Waals surface area contributed by atoms with Crippen LogP contribution in [0.4, 0.5) is 0 Å². The molecule has 1 heterocycles. The third-order valence-corrected chi connectivity index (χ3v) is 5.38. The molecule has 15 heavy (non-hydrogen) atoms. The average molecular weight is 289 g/mol. The number of rotatable bonds is 0. The number of Topliss-reactive ketones (excluding diaryl/α,β-unsaturated/α-hetero) is 1. The third kappa shape index (κ3) is 1.63. The summed E-state index contributed by atoms with van der Waals surface area (Å²) in [6.45, 7) is 1.64. The van der Waals surface area contributed by atoms with Crippen LogP contribution >= 0.6 is 15.9 Å². The summed E-state index contributed by atoms with van der Waals surface area (Å²) in [5, 5.41) is 0. The van der Waals surface area contributed by atoms with E-state index in [4.69, 9.17) is 0 Å². The highest BCUT2D eigenvalue weighted by atomic mass is 79.9. The van der Waals surface area contributed by atoms with Gasteiger partial charge in [0, 0.05) is 16.0 Å². The fourth-order valence-electron chi connectivity index (χ4n) is 1.77. The van der Waals surface area contributed by atoms with Crippen LogP contribution < -0.4 is 0 Å². The number of ketones is 1. The molecule has 5 heteroatoms. The molecule has 0 saturated carbocycles. The molecule has 0 aliphatic carbocycles. The van der Waals surface area contributed by atoms with Crippen LogP contribution in [0.15, 0.2) is 27.6 Å². The lowest BCUT2D eigenvalue weighted by molar-refractivity contribution is 0.0933. The zero-order valence-electron chi connectivity index (χ0n) is 8.03. The van der Waals surface area contributed by atoms with Crippen LogP contribution in [-0.4, -0.2) is 20.0 Å². The predicted octanol–water partition coefficient (Wildman–Crippen LogP) is 2.06. The van der Waals surface area contributed by atoms with Crippen molar-refractivity contribution in [2.24, 2.45) is 5.92 Å². The van der Waals surface area contributed by atoms with Crippen LogP contribution in [-0.2, 0) is 9.84 Å². The van der Waals surface area contributed by atoms with Crippen molar-refractivity contribution in [2.75, 3.05) is 5.75 Å². The maximum absolute atomic E-state index is 11.9. The van der Waals surface area contributed by atoms with Crippen molar-refractivity contribution in [1.82, 2.24) is 0 Å². The van der Waals surface area contributed by atoms with Crippen molar-refractivity contribution in [1.29, 1.82) is 0 Å². The van der Waals surface area contributed by atoms with E-state index in [9.17, 15) is 13.2 Å². The number of hydrogen-bond donors (Lipinski definition) is 0. The SMILES string of the molecule is CC1CS(=O)(=O)c2c(Br)cccc2C1=O. The first kappa shape index (κ1) is 10.8. The number of carbonyl (C=O) groups excluding carboxylic acids is 1. The second-order valence-corrected chi connectivity index (χ2v) is 6.49. The smallest absolute Gasteiger partial charge is 0.180 e. The standard InChI is InChI=1S/C10H9BrO3S/c1-6-5-15(13,14)10-7(9(6)12)3-2-4-8(10)11/h2-4,6H,5H2,1H3. The molecule has 0 amide bonds. The van der Waals surface area contributed by atoms with Gasteiger partial charge in [-0.2, -0.15) is 0 Å². The molecule has 0 spiro atoms. The van der Waals surface area contributed by atoms with Crippen LogP contribution in [0.1, 0.15) is 17.3 Å². The first-order chi connectivity index (χ1) is 6.93. The second-order valence-electron chi connectivity index (χ2n) is 3.66. The van der Waals surface area contributed by atoms with Crippen molar-refractivity contribution < 1.29 is 13.2 Å². The number of benzene rings is 1. The largest absolute Gasteiger partial charge is 0.294 e. The zero-order chi connectivity index (χ0) is 11.2. The number of fused-ring (bicyclic) bond motifs is 1. The molecule has 80 valence electrons. The number of halogens is 1. The lowest BCUT2D eigenvalue weighted by Gasteiger charge is -2.21. The monoisotopic (exact) mass is 288 g/mol. The summed E-state index contributed by atoms with van der Waals surface area (Å²) in [7, 11) is -3.32. The first-order valence-corrected chi connectivity index (χ1v) is 6.93. The van der Waals surface area contributed by atoms with Crippen LogP contribution in [0.2, 0.25) is 0 Å². The molecule has 0 N–H and O–H groups in total. The second kappa shape index (κ2) is 3.42. The van der Waals surface area contributed by atoms with E-state index in [1.807, 2.05) is 0 Å². The van der Waals surface area contributed by atoms with E-state index >= 15 is 0 Å². The van der Waals surface area contributed by atoms with Crippen molar-refractivity contribution in [3.63, 3.8) is 0 Å². The molecule has 1 atom stereocenters. The normalized spacial score (nSPS) is 23.6. The van der Waals surface area contributed by atoms with Crippen LogP contribution in [0.3, 0.4) is 0 Å². The summed E-state index contributed by atoms with van der Waals surface area (Å²) in [4.78, 5) is 11.9. The average Bonchev–Trinajstić information content (AvgIpc) is 2.13. The molecule has 0 bridgehead atoms. The minimum Gasteiger partial charge on any atom is -0.294 e. The summed E-state index contributed by atoms with van der Waals surface area (Å²) < 4.78 is 24.2. The molecule has 2 rings (SSSR count). The molecule has 3 nitrogen and oxygen atoms in total. The van der Waals surface area contributed by atoms with E-state index in [2.05, 4.69) is 15.9 Å². The first-order valence-electron chi connectivity index (χ1n) is 4.49. The van der Waals surface area contributed by atoms with E-state index in [0.717, 1.165) is 0 Å². The highest BCUT2D eigenvalue weighted by molar-refractivity contribution is 9.10. The molecule has 0 saturated heterocycles. The predicted molar refractivity (Wildman–Crippen MR) is 59.7 cm³/mol. The third-order valence-electron chi connectivity index (χ3n) is 2.46. The number of sulfone groups is 1. The Morgan fingerprint density at radius 2 is 2.07 bits per heavy atom. The van der Waals surface area contributed by atoms with Gasteiger partial charge in [0.25, 0.3) is 0 Å². The summed E-state index contributed by atoms with van der Waals surface area (Å²) in [6, 6.07) is 4.88. The lowest BCUT2D eigenvalue weighted by Crippen LogP contribution is -2.29. The molecular formula is C10H9BrO3S. The fraction of sp³-hybridized carbons (Fsp3) is 0.300. The van der Waals surface area contributed by atoms with E-state index in [1.165, 1.54) is 0 Å². The maximum atomic E-state index is 11.9. The van der Waals surface area contributed by atoms with Crippen LogP contribution in [0.5, 0.6) is 0 Å². The summed E-state index contributed by atoms with van der Waals surface area (Å²) in [5.41, 5.74) is 0.308. The summed E-state index contributed by atoms with van der Waals surface area (Å²) in [6.07, 6.45) is 0. The molecule has 0 fully saturated rings. The van der Waals surface area contributed by atoms with Gasteiger partial charge in [0.2, 0.25) is 0 Å². The van der Waals surface area contributed by atoms with Gasteiger partial charge in [-0.3, -0.25) is 4.79 Å². The van der Waals surface area contributed by atoms with Gasteiger partial charge < -0.3 is 0 Å². The van der Waals surface area contributed by atoms with E-state index in [-0.39, 0.29) is 16.4 Å². The van der Waals surface area contributed by atoms with Gasteiger partial charge in [0.1, 0.15) is 0 Å². The minimum absolute atomic E-state index is 0.0958. The molecule has 0 radical (unpaired) electrons. The minimum atomic E-state index is -3.32. The van der Waals surface area contributed by atoms with Gasteiger partial charge in [-0.15, -0.1) is 0 Å². The Hall–Kier alpha value is -0.680. The molecular weight excluding hydrogens is 280 g/mol. The molecule has 1 aromatic rings. The van der Waals surface area contributed by atoms with Gasteiger partial charge in [-0.25, -0.2) is 8.42 Å². The highest BCUT2D eigenvalue weighted by Crippen LogP contribution is 2.33. The van der Waals surface area contributed by atoms with Gasteiger partial charge in [-0.1, -0.05) is 19.1 Å². The van der Waals surface area contributed by atoms with Gasteiger partial charge >= 0.3 is 0 Å². The maximum Gasteiger partial charge on any atom is 0.180 e. The van der Waals surface area contributed by atoms with Gasteiger partial charge in [-0.05, 0) is 22.0 Å². The van der Waals surface area contributed by atoms with Crippen molar-refractivity contribution in [3.05, 3.63) is 28.2 Å². The molecule has 1 aliphatic rings. The fourth-order valence-corrected chi connectivity index (χ4v) is 4.72. The molecule has 1 aliphatic heterocycles. The Labute approximate surface area is 96.5 Å². The highest BCUT2D eigenvalue weighted by Gasteiger charge is 2.35. The summed E-state index contributed by atoms with van der Waals surface area (Å²) in [5.74, 6) is -0.639. The van der Waals surface area contributed by atoms with Gasteiger partial charge in [0.15, 0.2) is 15.6 Å². The van der Waals surface area contributed by atoms with Crippen molar-refractivity contribution >= 4 is 31.6 Å². The van der Waals surface area contributed by atoms with E-state index < -0.39 is 15.8 Å². The quantitative estimate of drug-likeness (QED) is 0.734. The number of carbonyl (C=O) groups is 1. The van der Waals surface area contributed by atoms with Gasteiger partial charge in [0.05, 0.1) is 10.6 Å². The van der Waals surface area contributed by atoms with Crippen LogP contribution in [0.25, 0.3) is 0 Å². The van der Waals surface area contributed by atoms with Crippen molar-refractivity contribution in [2.45, 2.75) is 11.8 Å². The topological polar surface area (TPSA) is 51.2 Å². The molecule has 0 aromatic heterocycles. The summed E-state index contributed by atoms with van der Waals surface area (Å²) >= 11 is 3.17. The van der Waals surface area contributed by atoms with E-state index in [0.29, 0.717) is 10.0 Å². The lowest BCUT2D eigenvalue weighted by atomic mass is 10.0. The molecule has 1 aromatic carbocycles. The van der Waals surface area contributed by atoms with Crippen LogP contribution in [0, 0.1) is 5.92 Å². The number of hydrogen-bond acceptors (Lipinski definition) is 3. The Balaban J connectivity index is 2.82. The zero-order valence-corrected chi connectivity index (χ0v) is 10.4. The molecule has 1 unspecified atom stereocenters. The Bertz CT molecular complexity index is 534. The van der Waals surface area contributed by atoms with E-state index in [1.54, 1.807) is 25.1 Å². The Morgan fingerprint density at radius 1 is 1.40 bits per heavy atom. The Morgan fingerprint density at radius 3 is 2.73 bits per heavy atom. The Kier molecular flexibility index (Phi) is 2.47.